The minimum absolute atomic E-state index is 1.17. The fourth-order valence-corrected chi connectivity index (χ4v) is 2.28. The van der Waals surface area contributed by atoms with E-state index in [1.165, 1.54) is 35.4 Å². The summed E-state index contributed by atoms with van der Waals surface area (Å²) in [4.78, 5) is 0. The molecule has 0 amide bonds. The smallest absolute Gasteiger partial charge is 0.0441 e. The SMILES string of the molecule is C=C/C=C\c1c(C)c2c(n1C)C=CCC2. The second-order valence-electron chi connectivity index (χ2n) is 3.97. The molecule has 0 unspecified atom stereocenters. The van der Waals surface area contributed by atoms with Crippen molar-refractivity contribution >= 4 is 12.2 Å². The van der Waals surface area contributed by atoms with E-state index in [1.54, 1.807) is 0 Å². The van der Waals surface area contributed by atoms with Crippen molar-refractivity contribution in [2.45, 2.75) is 19.8 Å². The van der Waals surface area contributed by atoms with Crippen molar-refractivity contribution in [3.8, 4) is 0 Å². The molecule has 0 bridgehead atoms. The summed E-state index contributed by atoms with van der Waals surface area (Å²) in [6.07, 6.45) is 12.8. The predicted octanol–water partition coefficient (Wildman–Crippen LogP) is 3.49. The van der Waals surface area contributed by atoms with Gasteiger partial charge in [0.05, 0.1) is 0 Å². The number of nitrogens with zero attached hydrogens (tertiary/aromatic N) is 1. The third kappa shape index (κ3) is 1.58. The molecule has 1 aromatic heterocycles. The van der Waals surface area contributed by atoms with Crippen LogP contribution in [0, 0.1) is 6.92 Å². The molecule has 0 saturated heterocycles. The highest BCUT2D eigenvalue weighted by Gasteiger charge is 2.15. The quantitative estimate of drug-likeness (QED) is 0.642. The van der Waals surface area contributed by atoms with E-state index in [4.69, 9.17) is 0 Å². The Balaban J connectivity index is 2.57. The fraction of sp³-hybridized carbons (Fsp3) is 0.286. The van der Waals surface area contributed by atoms with Crippen molar-refractivity contribution in [1.29, 1.82) is 0 Å². The lowest BCUT2D eigenvalue weighted by atomic mass is 10.00. The Labute approximate surface area is 91.4 Å². The van der Waals surface area contributed by atoms with E-state index < -0.39 is 0 Å². The van der Waals surface area contributed by atoms with E-state index in [1.807, 2.05) is 12.2 Å². The third-order valence-electron chi connectivity index (χ3n) is 3.10. The number of fused-ring (bicyclic) bond motifs is 1. The molecular weight excluding hydrogens is 182 g/mol. The molecule has 1 heteroatoms. The van der Waals surface area contributed by atoms with Crippen molar-refractivity contribution in [3.63, 3.8) is 0 Å². The van der Waals surface area contributed by atoms with E-state index in [0.717, 1.165) is 0 Å². The molecule has 0 aliphatic heterocycles. The molecule has 1 aliphatic carbocycles. The summed E-state index contributed by atoms with van der Waals surface area (Å²) in [5.74, 6) is 0. The molecule has 0 saturated carbocycles. The topological polar surface area (TPSA) is 4.93 Å². The summed E-state index contributed by atoms with van der Waals surface area (Å²) >= 11 is 0. The highest BCUT2D eigenvalue weighted by molar-refractivity contribution is 5.64. The van der Waals surface area contributed by atoms with Crippen LogP contribution in [0.2, 0.25) is 0 Å². The van der Waals surface area contributed by atoms with Crippen LogP contribution in [-0.2, 0) is 13.5 Å². The molecule has 1 aromatic rings. The van der Waals surface area contributed by atoms with Crippen LogP contribution in [0.1, 0.15) is 28.9 Å². The van der Waals surface area contributed by atoms with Crippen LogP contribution in [0.15, 0.2) is 24.8 Å². The first-order valence-electron chi connectivity index (χ1n) is 5.39. The zero-order valence-electron chi connectivity index (χ0n) is 9.46. The monoisotopic (exact) mass is 199 g/mol. The summed E-state index contributed by atoms with van der Waals surface area (Å²) in [6.45, 7) is 5.92. The Bertz CT molecular complexity index is 444. The van der Waals surface area contributed by atoms with Crippen LogP contribution in [0.25, 0.3) is 12.2 Å². The molecule has 0 fully saturated rings. The van der Waals surface area contributed by atoms with Gasteiger partial charge in [0.1, 0.15) is 0 Å². The predicted molar refractivity (Wildman–Crippen MR) is 66.7 cm³/mol. The van der Waals surface area contributed by atoms with Gasteiger partial charge in [-0.15, -0.1) is 0 Å². The highest BCUT2D eigenvalue weighted by atomic mass is 15.0. The second-order valence-corrected chi connectivity index (χ2v) is 3.97. The summed E-state index contributed by atoms with van der Waals surface area (Å²) in [5, 5.41) is 0. The molecular formula is C14H17N. The molecule has 0 spiro atoms. The summed E-state index contributed by atoms with van der Waals surface area (Å²) in [6, 6.07) is 0. The van der Waals surface area contributed by atoms with E-state index in [2.05, 4.69) is 43.3 Å². The fourth-order valence-electron chi connectivity index (χ4n) is 2.28. The first kappa shape index (κ1) is 10.0. The van der Waals surface area contributed by atoms with Gasteiger partial charge in [0, 0.05) is 18.4 Å². The third-order valence-corrected chi connectivity index (χ3v) is 3.10. The van der Waals surface area contributed by atoms with Gasteiger partial charge in [0.15, 0.2) is 0 Å². The average molecular weight is 199 g/mol. The average Bonchev–Trinajstić information content (AvgIpc) is 2.51. The lowest BCUT2D eigenvalue weighted by molar-refractivity contribution is 0.877. The van der Waals surface area contributed by atoms with Crippen LogP contribution in [-0.4, -0.2) is 4.57 Å². The highest BCUT2D eigenvalue weighted by Crippen LogP contribution is 2.28. The molecule has 1 heterocycles. The van der Waals surface area contributed by atoms with Crippen LogP contribution in [0.3, 0.4) is 0 Å². The van der Waals surface area contributed by atoms with E-state index in [9.17, 15) is 0 Å². The van der Waals surface area contributed by atoms with Gasteiger partial charge in [0.25, 0.3) is 0 Å². The number of allylic oxidation sites excluding steroid dienone is 3. The first-order valence-corrected chi connectivity index (χ1v) is 5.39. The zero-order chi connectivity index (χ0) is 10.8. The summed E-state index contributed by atoms with van der Waals surface area (Å²) in [7, 11) is 2.13. The van der Waals surface area contributed by atoms with Crippen LogP contribution in [0.5, 0.6) is 0 Å². The number of rotatable bonds is 2. The van der Waals surface area contributed by atoms with Gasteiger partial charge < -0.3 is 4.57 Å². The minimum atomic E-state index is 1.17. The van der Waals surface area contributed by atoms with Crippen molar-refractivity contribution in [1.82, 2.24) is 4.57 Å². The van der Waals surface area contributed by atoms with Gasteiger partial charge in [-0.2, -0.15) is 0 Å². The maximum atomic E-state index is 3.71. The largest absolute Gasteiger partial charge is 0.344 e. The van der Waals surface area contributed by atoms with Crippen LogP contribution >= 0.6 is 0 Å². The lowest BCUT2D eigenvalue weighted by Crippen LogP contribution is -1.97. The standard InChI is InChI=1S/C14H17N/c1-4-5-9-13-11(2)12-8-6-7-10-14(12)15(13)3/h4-5,7,9-10H,1,6,8H2,2-3H3/b9-5-. The van der Waals surface area contributed by atoms with Gasteiger partial charge in [-0.3, -0.25) is 0 Å². The Hall–Kier alpha value is -1.50. The molecule has 0 N–H and O–H groups in total. The Kier molecular flexibility index (Phi) is 2.63. The second kappa shape index (κ2) is 3.93. The maximum Gasteiger partial charge on any atom is 0.0441 e. The Morgan fingerprint density at radius 3 is 2.93 bits per heavy atom. The normalized spacial score (nSPS) is 14.5. The summed E-state index contributed by atoms with van der Waals surface area (Å²) in [5.41, 5.74) is 5.58. The van der Waals surface area contributed by atoms with Crippen molar-refractivity contribution in [2.75, 3.05) is 0 Å². The van der Waals surface area contributed by atoms with Gasteiger partial charge in [-0.1, -0.05) is 24.8 Å². The van der Waals surface area contributed by atoms with Crippen LogP contribution < -0.4 is 0 Å². The van der Waals surface area contributed by atoms with E-state index in [-0.39, 0.29) is 0 Å². The molecule has 15 heavy (non-hydrogen) atoms. The molecule has 0 aromatic carbocycles. The molecule has 78 valence electrons. The molecule has 2 rings (SSSR count). The summed E-state index contributed by atoms with van der Waals surface area (Å²) < 4.78 is 2.26. The Morgan fingerprint density at radius 2 is 2.27 bits per heavy atom. The molecule has 0 atom stereocenters. The Morgan fingerprint density at radius 1 is 1.47 bits per heavy atom. The van der Waals surface area contributed by atoms with Crippen molar-refractivity contribution in [3.05, 3.63) is 47.3 Å². The number of aromatic nitrogens is 1. The lowest BCUT2D eigenvalue weighted by Gasteiger charge is -2.07. The van der Waals surface area contributed by atoms with Gasteiger partial charge in [-0.05, 0) is 43.0 Å². The first-order chi connectivity index (χ1) is 7.25. The molecule has 1 aliphatic rings. The van der Waals surface area contributed by atoms with E-state index >= 15 is 0 Å². The molecule has 1 nitrogen and oxygen atoms in total. The van der Waals surface area contributed by atoms with E-state index in [0.29, 0.717) is 0 Å². The van der Waals surface area contributed by atoms with Gasteiger partial charge >= 0.3 is 0 Å². The zero-order valence-corrected chi connectivity index (χ0v) is 9.46. The minimum Gasteiger partial charge on any atom is -0.344 e. The van der Waals surface area contributed by atoms with Crippen molar-refractivity contribution < 1.29 is 0 Å². The van der Waals surface area contributed by atoms with Gasteiger partial charge in [0.2, 0.25) is 0 Å². The van der Waals surface area contributed by atoms with Crippen molar-refractivity contribution in [2.24, 2.45) is 7.05 Å². The maximum absolute atomic E-state index is 3.71. The van der Waals surface area contributed by atoms with Crippen LogP contribution in [0.4, 0.5) is 0 Å². The number of hydrogen-bond acceptors (Lipinski definition) is 0. The van der Waals surface area contributed by atoms with Gasteiger partial charge in [-0.25, -0.2) is 0 Å². The number of hydrogen-bond donors (Lipinski definition) is 0. The molecule has 0 radical (unpaired) electrons.